The van der Waals surface area contributed by atoms with Crippen LogP contribution in [-0.4, -0.2) is 47.1 Å². The number of hydrogen-bond acceptors (Lipinski definition) is 6. The summed E-state index contributed by atoms with van der Waals surface area (Å²) in [7, 11) is 1.56. The highest BCUT2D eigenvalue weighted by Gasteiger charge is 2.23. The van der Waals surface area contributed by atoms with Crippen LogP contribution in [-0.2, 0) is 4.79 Å². The normalized spacial score (nSPS) is 14.5. The van der Waals surface area contributed by atoms with Crippen molar-refractivity contribution in [2.75, 3.05) is 25.5 Å². The third kappa shape index (κ3) is 4.49. The molecule has 1 N–H and O–H groups in total. The number of benzene rings is 2. The Kier molecular flexibility index (Phi) is 6.08. The quantitative estimate of drug-likeness (QED) is 0.621. The molecule has 162 valence electrons. The summed E-state index contributed by atoms with van der Waals surface area (Å²) in [5.41, 5.74) is 0.831. The van der Waals surface area contributed by atoms with Crippen LogP contribution in [0.4, 0.5) is 15.9 Å². The highest BCUT2D eigenvalue weighted by atomic mass is 35.5. The molecule has 0 saturated carbocycles. The first-order valence-electron chi connectivity index (χ1n) is 9.92. The highest BCUT2D eigenvalue weighted by molar-refractivity contribution is 6.31. The van der Waals surface area contributed by atoms with E-state index in [1.54, 1.807) is 38.3 Å². The molecule has 1 saturated heterocycles. The number of carbonyl (C=O) groups excluding carboxylic acids is 1. The Morgan fingerprint density at radius 1 is 1.23 bits per heavy atom. The number of carbonyl (C=O) groups is 1. The molecule has 4 rings (SSSR count). The lowest BCUT2D eigenvalue weighted by Crippen LogP contribution is -2.40. The van der Waals surface area contributed by atoms with E-state index in [1.807, 2.05) is 4.90 Å². The minimum absolute atomic E-state index is 0.0194. The van der Waals surface area contributed by atoms with E-state index in [0.29, 0.717) is 41.3 Å². The van der Waals surface area contributed by atoms with Crippen molar-refractivity contribution in [3.05, 3.63) is 47.5 Å². The predicted octanol–water partition coefficient (Wildman–Crippen LogP) is 4.56. The lowest BCUT2D eigenvalue weighted by atomic mass is 10.1. The van der Waals surface area contributed by atoms with Crippen LogP contribution in [0.1, 0.15) is 19.8 Å². The Hall–Kier alpha value is -3.13. The molecule has 1 amide bonds. The van der Waals surface area contributed by atoms with Gasteiger partial charge in [-0.25, -0.2) is 14.4 Å². The molecule has 1 aromatic heterocycles. The summed E-state index contributed by atoms with van der Waals surface area (Å²) in [6, 6.07) is 8.27. The monoisotopic (exact) mass is 444 g/mol. The zero-order valence-corrected chi connectivity index (χ0v) is 17.9. The van der Waals surface area contributed by atoms with Crippen LogP contribution in [0.25, 0.3) is 10.9 Å². The topological polar surface area (TPSA) is 76.6 Å². The molecule has 1 aliphatic heterocycles. The molecule has 7 nitrogen and oxygen atoms in total. The highest BCUT2D eigenvalue weighted by Crippen LogP contribution is 2.36. The van der Waals surface area contributed by atoms with Crippen molar-refractivity contribution in [2.45, 2.75) is 25.9 Å². The molecule has 1 fully saturated rings. The standard InChI is InChI=1S/C22H22ClFN4O3/c1-13(29)28-8-6-14(7-9-28)31-20-10-15-18(11-19(20)30-2)25-12-26-22(15)27-17-5-3-4-16(23)21(17)24/h3-5,10-12,14H,6-9H2,1-2H3,(H,25,26,27). The number of likely N-dealkylation sites (tertiary alicyclic amines) is 1. The molecular formula is C22H22ClFN4O3. The van der Waals surface area contributed by atoms with Gasteiger partial charge in [0.1, 0.15) is 18.2 Å². The number of hydrogen-bond donors (Lipinski definition) is 1. The van der Waals surface area contributed by atoms with E-state index in [2.05, 4.69) is 15.3 Å². The van der Waals surface area contributed by atoms with Gasteiger partial charge < -0.3 is 19.7 Å². The van der Waals surface area contributed by atoms with Gasteiger partial charge in [-0.1, -0.05) is 17.7 Å². The molecule has 1 aliphatic rings. The molecule has 0 bridgehead atoms. The van der Waals surface area contributed by atoms with Crippen LogP contribution >= 0.6 is 11.6 Å². The molecule has 0 atom stereocenters. The van der Waals surface area contributed by atoms with Crippen molar-refractivity contribution in [3.63, 3.8) is 0 Å². The summed E-state index contributed by atoms with van der Waals surface area (Å²) in [5.74, 6) is 1.02. The van der Waals surface area contributed by atoms with Gasteiger partial charge in [-0.3, -0.25) is 4.79 Å². The van der Waals surface area contributed by atoms with Crippen LogP contribution in [0, 0.1) is 5.82 Å². The van der Waals surface area contributed by atoms with Crippen LogP contribution in [0.15, 0.2) is 36.7 Å². The first-order chi connectivity index (χ1) is 15.0. The minimum Gasteiger partial charge on any atom is -0.493 e. The van der Waals surface area contributed by atoms with E-state index in [4.69, 9.17) is 21.1 Å². The van der Waals surface area contributed by atoms with E-state index in [0.717, 1.165) is 12.8 Å². The first kappa shape index (κ1) is 21.1. The summed E-state index contributed by atoms with van der Waals surface area (Å²) < 4.78 is 26.1. The lowest BCUT2D eigenvalue weighted by Gasteiger charge is -2.31. The molecule has 9 heteroatoms. The number of anilines is 2. The average molecular weight is 445 g/mol. The molecule has 0 radical (unpaired) electrons. The van der Waals surface area contributed by atoms with Crippen LogP contribution in [0.3, 0.4) is 0 Å². The third-order valence-electron chi connectivity index (χ3n) is 5.31. The number of piperidine rings is 1. The first-order valence-corrected chi connectivity index (χ1v) is 10.3. The van der Waals surface area contributed by atoms with Gasteiger partial charge in [-0.05, 0) is 18.2 Å². The fourth-order valence-electron chi connectivity index (χ4n) is 3.61. The number of amides is 1. The van der Waals surface area contributed by atoms with Crippen molar-refractivity contribution >= 4 is 39.9 Å². The molecule has 2 heterocycles. The minimum atomic E-state index is -0.557. The molecule has 0 aliphatic carbocycles. The fourth-order valence-corrected chi connectivity index (χ4v) is 3.79. The summed E-state index contributed by atoms with van der Waals surface area (Å²) in [6.07, 6.45) is 2.80. The van der Waals surface area contributed by atoms with E-state index >= 15 is 0 Å². The second-order valence-corrected chi connectivity index (χ2v) is 7.70. The fraction of sp³-hybridized carbons (Fsp3) is 0.318. The van der Waals surface area contributed by atoms with Crippen LogP contribution in [0.2, 0.25) is 5.02 Å². The van der Waals surface area contributed by atoms with Crippen molar-refractivity contribution < 1.29 is 18.7 Å². The number of halogens is 2. The van der Waals surface area contributed by atoms with Crippen LogP contribution < -0.4 is 14.8 Å². The van der Waals surface area contributed by atoms with Crippen molar-refractivity contribution in [1.82, 2.24) is 14.9 Å². The van der Waals surface area contributed by atoms with Gasteiger partial charge in [0.15, 0.2) is 17.3 Å². The Labute approximate surface area is 184 Å². The van der Waals surface area contributed by atoms with Crippen molar-refractivity contribution in [1.29, 1.82) is 0 Å². The van der Waals surface area contributed by atoms with E-state index in [1.165, 1.54) is 12.4 Å². The van der Waals surface area contributed by atoms with Crippen molar-refractivity contribution in [3.8, 4) is 11.5 Å². The SMILES string of the molecule is COc1cc2ncnc(Nc3cccc(Cl)c3F)c2cc1OC1CCN(C(C)=O)CC1. The van der Waals surface area contributed by atoms with E-state index in [9.17, 15) is 9.18 Å². The molecule has 3 aromatic rings. The van der Waals surface area contributed by atoms with Gasteiger partial charge >= 0.3 is 0 Å². The number of aromatic nitrogens is 2. The summed E-state index contributed by atoms with van der Waals surface area (Å²) >= 11 is 5.89. The number of fused-ring (bicyclic) bond motifs is 1. The Balaban J connectivity index is 1.64. The van der Waals surface area contributed by atoms with Gasteiger partial charge in [-0.2, -0.15) is 0 Å². The largest absolute Gasteiger partial charge is 0.493 e. The van der Waals surface area contributed by atoms with Gasteiger partial charge in [-0.15, -0.1) is 0 Å². The predicted molar refractivity (Wildman–Crippen MR) is 117 cm³/mol. The van der Waals surface area contributed by atoms with Crippen LogP contribution in [0.5, 0.6) is 11.5 Å². The maximum Gasteiger partial charge on any atom is 0.219 e. The third-order valence-corrected chi connectivity index (χ3v) is 5.60. The molecule has 31 heavy (non-hydrogen) atoms. The summed E-state index contributed by atoms with van der Waals surface area (Å²) in [6.45, 7) is 2.88. The van der Waals surface area contributed by atoms with Gasteiger partial charge in [0.2, 0.25) is 5.91 Å². The molecule has 0 unspecified atom stereocenters. The summed E-state index contributed by atoms with van der Waals surface area (Å²) in [5, 5.41) is 3.66. The Bertz CT molecular complexity index is 1120. The average Bonchev–Trinajstić information content (AvgIpc) is 2.77. The number of rotatable bonds is 5. The Morgan fingerprint density at radius 2 is 2.00 bits per heavy atom. The van der Waals surface area contributed by atoms with Gasteiger partial charge in [0.25, 0.3) is 0 Å². The summed E-state index contributed by atoms with van der Waals surface area (Å²) in [4.78, 5) is 21.9. The number of nitrogens with one attached hydrogen (secondary N) is 1. The second-order valence-electron chi connectivity index (χ2n) is 7.29. The Morgan fingerprint density at radius 3 is 2.71 bits per heavy atom. The maximum absolute atomic E-state index is 14.4. The van der Waals surface area contributed by atoms with Crippen molar-refractivity contribution in [2.24, 2.45) is 0 Å². The zero-order valence-electron chi connectivity index (χ0n) is 17.2. The number of nitrogens with zero attached hydrogens (tertiary/aromatic N) is 3. The van der Waals surface area contributed by atoms with E-state index < -0.39 is 5.82 Å². The number of ether oxygens (including phenoxy) is 2. The lowest BCUT2D eigenvalue weighted by molar-refractivity contribution is -0.130. The molecule has 2 aromatic carbocycles. The maximum atomic E-state index is 14.4. The zero-order chi connectivity index (χ0) is 22.0. The number of methoxy groups -OCH3 is 1. The second kappa shape index (κ2) is 8.93. The molecule has 0 spiro atoms. The van der Waals surface area contributed by atoms with Gasteiger partial charge in [0, 0.05) is 44.3 Å². The smallest absolute Gasteiger partial charge is 0.219 e. The molecular weight excluding hydrogens is 423 g/mol. The van der Waals surface area contributed by atoms with Gasteiger partial charge in [0.05, 0.1) is 23.3 Å². The van der Waals surface area contributed by atoms with E-state index in [-0.39, 0.29) is 22.7 Å².